The van der Waals surface area contributed by atoms with Crippen LogP contribution in [0.1, 0.15) is 16.1 Å². The summed E-state index contributed by atoms with van der Waals surface area (Å²) in [6, 6.07) is 0.955. The Morgan fingerprint density at radius 2 is 2.07 bits per heavy atom. The number of carboxylic acid groups (broad SMARTS) is 2. The number of hydrogen-bond donors (Lipinski definition) is 2. The van der Waals surface area contributed by atoms with Gasteiger partial charge in [-0.15, -0.1) is 0 Å². The molecule has 1 aromatic heterocycles. The van der Waals surface area contributed by atoms with Crippen molar-refractivity contribution in [1.82, 2.24) is 4.98 Å². The highest BCUT2D eigenvalue weighted by Crippen LogP contribution is 2.08. The summed E-state index contributed by atoms with van der Waals surface area (Å²) in [6.45, 7) is 0. The third-order valence-electron chi connectivity index (χ3n) is 1.50. The van der Waals surface area contributed by atoms with Crippen LogP contribution in [0.3, 0.4) is 0 Å². The van der Waals surface area contributed by atoms with Crippen LogP contribution < -0.4 is 0 Å². The molecule has 0 aliphatic carbocycles. The average molecular weight is 211 g/mol. The molecule has 5 nitrogen and oxygen atoms in total. The monoisotopic (exact) mass is 211 g/mol. The summed E-state index contributed by atoms with van der Waals surface area (Å²) in [6.07, 6.45) is 2.59. The lowest BCUT2D eigenvalue weighted by Crippen LogP contribution is -2.02. The molecule has 0 atom stereocenters. The van der Waals surface area contributed by atoms with Crippen LogP contribution in [0.4, 0.5) is 4.39 Å². The van der Waals surface area contributed by atoms with Crippen molar-refractivity contribution in [3.05, 3.63) is 35.4 Å². The van der Waals surface area contributed by atoms with Gasteiger partial charge in [0.15, 0.2) is 5.82 Å². The molecule has 78 valence electrons. The van der Waals surface area contributed by atoms with Crippen LogP contribution in [-0.2, 0) is 4.79 Å². The van der Waals surface area contributed by atoms with E-state index in [4.69, 9.17) is 10.2 Å². The number of nitrogens with zero attached hydrogens (tertiary/aromatic N) is 1. The molecule has 2 N–H and O–H groups in total. The quantitative estimate of drug-likeness (QED) is 0.728. The van der Waals surface area contributed by atoms with E-state index in [1.165, 1.54) is 0 Å². The smallest absolute Gasteiger partial charge is 0.338 e. The van der Waals surface area contributed by atoms with Crippen LogP contribution in [0.25, 0.3) is 6.08 Å². The maximum absolute atomic E-state index is 12.8. The Hall–Kier alpha value is -2.24. The molecule has 0 amide bonds. The van der Waals surface area contributed by atoms with Gasteiger partial charge in [-0.2, -0.15) is 0 Å². The first kappa shape index (κ1) is 10.8. The summed E-state index contributed by atoms with van der Waals surface area (Å²) in [5.74, 6) is -3.59. The van der Waals surface area contributed by atoms with Gasteiger partial charge in [0.25, 0.3) is 0 Å². The first-order valence-electron chi connectivity index (χ1n) is 3.80. The number of carboxylic acids is 2. The zero-order valence-corrected chi connectivity index (χ0v) is 7.35. The fourth-order valence-electron chi connectivity index (χ4n) is 0.867. The molecule has 1 rings (SSSR count). The number of pyridine rings is 1. The SMILES string of the molecule is O=C(O)C=Cc1cc(C(=O)O)c(F)cn1. The summed E-state index contributed by atoms with van der Waals surface area (Å²) in [5.41, 5.74) is -0.480. The summed E-state index contributed by atoms with van der Waals surface area (Å²) >= 11 is 0. The van der Waals surface area contributed by atoms with Gasteiger partial charge >= 0.3 is 11.9 Å². The molecule has 0 saturated heterocycles. The molecular weight excluding hydrogens is 205 g/mol. The highest BCUT2D eigenvalue weighted by Gasteiger charge is 2.10. The number of halogens is 1. The van der Waals surface area contributed by atoms with Gasteiger partial charge in [0.2, 0.25) is 0 Å². The summed E-state index contributed by atoms with van der Waals surface area (Å²) in [4.78, 5) is 24.2. The fourth-order valence-corrected chi connectivity index (χ4v) is 0.867. The van der Waals surface area contributed by atoms with Gasteiger partial charge in [-0.25, -0.2) is 14.0 Å². The molecule has 15 heavy (non-hydrogen) atoms. The van der Waals surface area contributed by atoms with E-state index in [1.54, 1.807) is 0 Å². The molecule has 0 spiro atoms. The van der Waals surface area contributed by atoms with Gasteiger partial charge < -0.3 is 10.2 Å². The van der Waals surface area contributed by atoms with E-state index in [0.29, 0.717) is 0 Å². The molecule has 1 heterocycles. The Labute approximate surface area is 83.5 Å². The second-order valence-electron chi connectivity index (χ2n) is 2.57. The Bertz CT molecular complexity index is 442. The minimum atomic E-state index is -1.43. The van der Waals surface area contributed by atoms with Crippen molar-refractivity contribution < 1.29 is 24.2 Å². The number of carbonyl (C=O) groups is 2. The zero-order chi connectivity index (χ0) is 11.4. The molecule has 1 aromatic rings. The van der Waals surface area contributed by atoms with Crippen LogP contribution in [0, 0.1) is 5.82 Å². The van der Waals surface area contributed by atoms with Crippen LogP contribution in [0.5, 0.6) is 0 Å². The van der Waals surface area contributed by atoms with Gasteiger partial charge in [0, 0.05) is 6.08 Å². The number of aliphatic carboxylic acids is 1. The number of aromatic carboxylic acids is 1. The predicted molar refractivity (Wildman–Crippen MR) is 47.8 cm³/mol. The molecule has 0 bridgehead atoms. The van der Waals surface area contributed by atoms with Crippen LogP contribution in [-0.4, -0.2) is 27.1 Å². The van der Waals surface area contributed by atoms with Gasteiger partial charge in [0.1, 0.15) is 0 Å². The second-order valence-corrected chi connectivity index (χ2v) is 2.57. The predicted octanol–water partition coefficient (Wildman–Crippen LogP) is 1.02. The highest BCUT2D eigenvalue weighted by molar-refractivity contribution is 5.89. The number of rotatable bonds is 3. The van der Waals surface area contributed by atoms with Crippen molar-refractivity contribution in [2.45, 2.75) is 0 Å². The molecule has 6 heteroatoms. The van der Waals surface area contributed by atoms with Crippen molar-refractivity contribution in [1.29, 1.82) is 0 Å². The van der Waals surface area contributed by atoms with E-state index in [1.807, 2.05) is 0 Å². The third kappa shape index (κ3) is 2.87. The molecule has 0 aliphatic heterocycles. The normalized spacial score (nSPS) is 10.5. The van der Waals surface area contributed by atoms with Gasteiger partial charge in [-0.3, -0.25) is 4.98 Å². The van der Waals surface area contributed by atoms with Crippen molar-refractivity contribution in [3.8, 4) is 0 Å². The minimum Gasteiger partial charge on any atom is -0.478 e. The third-order valence-corrected chi connectivity index (χ3v) is 1.50. The maximum Gasteiger partial charge on any atom is 0.338 e. The summed E-state index contributed by atoms with van der Waals surface area (Å²) in [5, 5.41) is 16.9. The molecule has 0 unspecified atom stereocenters. The van der Waals surface area contributed by atoms with E-state index < -0.39 is 23.3 Å². The topological polar surface area (TPSA) is 87.5 Å². The van der Waals surface area contributed by atoms with E-state index in [-0.39, 0.29) is 5.69 Å². The van der Waals surface area contributed by atoms with Crippen molar-refractivity contribution >= 4 is 18.0 Å². The number of hydrogen-bond acceptors (Lipinski definition) is 3. The lowest BCUT2D eigenvalue weighted by atomic mass is 10.2. The van der Waals surface area contributed by atoms with Crippen LogP contribution >= 0.6 is 0 Å². The van der Waals surface area contributed by atoms with E-state index in [9.17, 15) is 14.0 Å². The molecule has 0 aliphatic rings. The molecule has 0 fully saturated rings. The first-order chi connectivity index (χ1) is 7.00. The molecule has 0 radical (unpaired) electrons. The Balaban J connectivity index is 3.08. The number of aromatic nitrogens is 1. The standard InChI is InChI=1S/C9H6FNO4/c10-7-4-11-5(1-2-8(12)13)3-6(7)9(14)15/h1-4H,(H,12,13)(H,14,15). The van der Waals surface area contributed by atoms with Gasteiger partial charge in [-0.1, -0.05) is 0 Å². The van der Waals surface area contributed by atoms with Gasteiger partial charge in [0.05, 0.1) is 17.5 Å². The Morgan fingerprint density at radius 3 is 2.60 bits per heavy atom. The maximum atomic E-state index is 12.8. The Morgan fingerprint density at radius 1 is 1.40 bits per heavy atom. The van der Waals surface area contributed by atoms with Crippen molar-refractivity contribution in [3.63, 3.8) is 0 Å². The van der Waals surface area contributed by atoms with E-state index >= 15 is 0 Å². The van der Waals surface area contributed by atoms with E-state index in [2.05, 4.69) is 4.98 Å². The van der Waals surface area contributed by atoms with Crippen molar-refractivity contribution in [2.75, 3.05) is 0 Å². The fraction of sp³-hybridized carbons (Fsp3) is 0. The van der Waals surface area contributed by atoms with Gasteiger partial charge in [-0.05, 0) is 12.1 Å². The van der Waals surface area contributed by atoms with Crippen LogP contribution in [0.15, 0.2) is 18.3 Å². The molecular formula is C9H6FNO4. The lowest BCUT2D eigenvalue weighted by molar-refractivity contribution is -0.131. The van der Waals surface area contributed by atoms with Crippen LogP contribution in [0.2, 0.25) is 0 Å². The first-order valence-corrected chi connectivity index (χ1v) is 3.80. The summed E-state index contributed by atoms with van der Waals surface area (Å²) < 4.78 is 12.8. The molecule has 0 aromatic carbocycles. The minimum absolute atomic E-state index is 0.0659. The second kappa shape index (κ2) is 4.32. The average Bonchev–Trinajstić information content (AvgIpc) is 2.16. The van der Waals surface area contributed by atoms with Crippen molar-refractivity contribution in [2.24, 2.45) is 0 Å². The lowest BCUT2D eigenvalue weighted by Gasteiger charge is -1.97. The van der Waals surface area contributed by atoms with E-state index in [0.717, 1.165) is 24.4 Å². The molecule has 0 saturated carbocycles. The zero-order valence-electron chi connectivity index (χ0n) is 7.35. The largest absolute Gasteiger partial charge is 0.478 e. The Kier molecular flexibility index (Phi) is 3.12. The highest BCUT2D eigenvalue weighted by atomic mass is 19.1. The summed E-state index contributed by atoms with van der Waals surface area (Å²) in [7, 11) is 0.